The molecule has 0 aromatic rings. The fraction of sp³-hybridized carbons (Fsp3) is 0.533. The highest BCUT2D eigenvalue weighted by molar-refractivity contribution is 7.99. The minimum atomic E-state index is -1.06. The Hall–Kier alpha value is -6.73. The predicted octanol–water partition coefficient (Wildman–Crippen LogP) is 4.45. The van der Waals surface area contributed by atoms with Gasteiger partial charge in [0.2, 0.25) is 23.1 Å². The van der Waals surface area contributed by atoms with E-state index in [9.17, 15) is 48.6 Å². The normalized spacial score (nSPS) is 32.2. The number of nitrogens with one attached hydrogen (secondary N) is 4. The van der Waals surface area contributed by atoms with Crippen LogP contribution in [-0.4, -0.2) is 159 Å². The van der Waals surface area contributed by atoms with Crippen molar-refractivity contribution in [3.63, 3.8) is 0 Å². The summed E-state index contributed by atoms with van der Waals surface area (Å²) in [7, 11) is 5.73. The molecule has 2 aliphatic carbocycles. The quantitative estimate of drug-likeness (QED) is 0.0676. The fourth-order valence-electron chi connectivity index (χ4n) is 10.2. The first-order valence-corrected chi connectivity index (χ1v) is 28.6. The number of hydrogen-bond acceptors (Lipinski definition) is 19. The number of Topliss-reactive ketones (excluding diaryl/α,β-unsaturated/α-hetero) is 2. The number of primary amides is 2. The number of hydrogen-bond donors (Lipinski definition) is 8. The molecule has 0 aromatic carbocycles. The van der Waals surface area contributed by atoms with Gasteiger partial charge >= 0.3 is 12.2 Å². The maximum absolute atomic E-state index is 14.3. The number of nitrogens with two attached hydrogens (primary N) is 2. The van der Waals surface area contributed by atoms with Crippen LogP contribution in [-0.2, 0) is 57.2 Å². The molecule has 4 rings (SSSR count). The summed E-state index contributed by atoms with van der Waals surface area (Å²) in [5, 5.41) is 34.7. The lowest BCUT2D eigenvalue weighted by molar-refractivity contribution is -0.120. The van der Waals surface area contributed by atoms with Gasteiger partial charge in [-0.05, 0) is 76.4 Å². The molecule has 0 fully saturated rings. The molecule has 0 aromatic heterocycles. The van der Waals surface area contributed by atoms with Gasteiger partial charge < -0.3 is 71.4 Å². The van der Waals surface area contributed by atoms with Crippen LogP contribution in [0.5, 0.6) is 0 Å². The molecule has 23 heteroatoms. The van der Waals surface area contributed by atoms with Crippen LogP contribution in [0.3, 0.4) is 0 Å². The molecule has 4 amide bonds. The lowest BCUT2D eigenvalue weighted by atomic mass is 9.85. The van der Waals surface area contributed by atoms with Crippen molar-refractivity contribution in [3.8, 4) is 0 Å². The van der Waals surface area contributed by atoms with Gasteiger partial charge in [-0.1, -0.05) is 76.3 Å². The predicted molar refractivity (Wildman–Crippen MR) is 312 cm³/mol. The standard InChI is InChI=1S/C60H84N6O16S/c1-31-23-39-49(43(67)29-41(53(39)71)65-57(73)33(3)15-13-17-45(77-9)55(81-59(61)75)37(7)27-35(5)51(69)47(25-31)79-11)63-19-21-83-22-20-64-50-40-24-32(2)26-48(80-12)52(70)36(6)28-38(8)56(82-60(62)76)46(78-10)18-14-16-34(4)58(74)66-42(54(40)72)30-44(50)68/h13-18,27-32,35-36,45-48,51-52,55-56,63-64,69-70H,19-26H2,1-12H3,(H2,61,75)(H2,62,76)(H,65,73)(H,66,74)/b17-13-,18-14-,33-15+,34-16+,37-27+,38-28+/t31-,32-,35+,36+,45+,46+,47+,48+,51-,52-,55+,56+/m1/s1. The fourth-order valence-corrected chi connectivity index (χ4v) is 10.9. The van der Waals surface area contributed by atoms with E-state index < -0.39 is 108 Å². The van der Waals surface area contributed by atoms with Gasteiger partial charge in [-0.25, -0.2) is 9.59 Å². The van der Waals surface area contributed by atoms with Gasteiger partial charge in [0.25, 0.3) is 11.8 Å². The van der Waals surface area contributed by atoms with E-state index in [0.717, 1.165) is 12.2 Å². The van der Waals surface area contributed by atoms with Crippen molar-refractivity contribution in [2.45, 2.75) is 130 Å². The number of allylic oxidation sites excluding steroid dienone is 8. The van der Waals surface area contributed by atoms with Crippen LogP contribution in [0.4, 0.5) is 9.59 Å². The molecular formula is C60H84N6O16S. The highest BCUT2D eigenvalue weighted by Crippen LogP contribution is 2.31. The summed E-state index contributed by atoms with van der Waals surface area (Å²) < 4.78 is 33.7. The number of carbonyl (C=O) groups excluding carboxylic acids is 8. The first kappa shape index (κ1) is 68.8. The van der Waals surface area contributed by atoms with E-state index >= 15 is 0 Å². The Morgan fingerprint density at radius 2 is 0.964 bits per heavy atom. The van der Waals surface area contributed by atoms with Gasteiger partial charge in [0, 0.05) is 99.3 Å². The number of amides is 4. The molecule has 83 heavy (non-hydrogen) atoms. The zero-order valence-corrected chi connectivity index (χ0v) is 50.3. The average molecular weight is 1180 g/mol. The zero-order chi connectivity index (χ0) is 61.8. The van der Waals surface area contributed by atoms with Crippen LogP contribution >= 0.6 is 11.8 Å². The third kappa shape index (κ3) is 19.7. The van der Waals surface area contributed by atoms with Crippen LogP contribution in [0.15, 0.2) is 117 Å². The molecule has 0 spiro atoms. The van der Waals surface area contributed by atoms with E-state index in [-0.39, 0.29) is 95.7 Å². The van der Waals surface area contributed by atoms with Gasteiger partial charge in [0.05, 0.1) is 47.2 Å². The van der Waals surface area contributed by atoms with E-state index in [0.29, 0.717) is 22.7 Å². The molecule has 0 radical (unpaired) electrons. The van der Waals surface area contributed by atoms with E-state index in [1.807, 2.05) is 13.8 Å². The number of carbonyl (C=O) groups is 8. The molecule has 2 aliphatic heterocycles. The Labute approximate surface area is 490 Å². The molecular weight excluding hydrogens is 1090 g/mol. The number of rotatable bonds is 14. The van der Waals surface area contributed by atoms with Crippen LogP contribution in [0.1, 0.15) is 81.1 Å². The van der Waals surface area contributed by atoms with Gasteiger partial charge in [-0.3, -0.25) is 28.8 Å². The van der Waals surface area contributed by atoms with Crippen LogP contribution in [0.25, 0.3) is 0 Å². The molecule has 2 heterocycles. The number of thioether (sulfide) groups is 1. The van der Waals surface area contributed by atoms with Crippen molar-refractivity contribution in [1.82, 2.24) is 21.3 Å². The molecule has 10 N–H and O–H groups in total. The monoisotopic (exact) mass is 1180 g/mol. The molecule has 4 bridgehead atoms. The maximum atomic E-state index is 14.3. The second-order valence-corrected chi connectivity index (χ2v) is 22.6. The molecule has 4 aliphatic rings. The Morgan fingerprint density at radius 3 is 1.29 bits per heavy atom. The smallest absolute Gasteiger partial charge is 0.405 e. The Balaban J connectivity index is 1.56. The van der Waals surface area contributed by atoms with Crippen molar-refractivity contribution in [3.05, 3.63) is 117 Å². The van der Waals surface area contributed by atoms with Gasteiger partial charge in [0.15, 0.2) is 12.2 Å². The minimum Gasteiger partial charge on any atom is -0.439 e. The summed E-state index contributed by atoms with van der Waals surface area (Å²) >= 11 is 1.46. The van der Waals surface area contributed by atoms with Crippen LogP contribution < -0.4 is 32.7 Å². The molecule has 12 atom stereocenters. The van der Waals surface area contributed by atoms with Crippen molar-refractivity contribution < 1.29 is 77.0 Å². The van der Waals surface area contributed by atoms with E-state index in [1.165, 1.54) is 78.4 Å². The lowest BCUT2D eigenvalue weighted by Crippen LogP contribution is -2.38. The minimum absolute atomic E-state index is 0.0606. The average Bonchev–Trinajstić information content (AvgIpc) is 3.60. The summed E-state index contributed by atoms with van der Waals surface area (Å²) in [4.78, 5) is 107. The Morgan fingerprint density at radius 1 is 0.602 bits per heavy atom. The number of aliphatic hydroxyl groups excluding tert-OH is 2. The highest BCUT2D eigenvalue weighted by atomic mass is 32.2. The van der Waals surface area contributed by atoms with E-state index in [4.69, 9.17) is 39.9 Å². The first-order valence-electron chi connectivity index (χ1n) is 27.5. The van der Waals surface area contributed by atoms with Crippen molar-refractivity contribution in [2.24, 2.45) is 35.1 Å². The third-order valence-electron chi connectivity index (χ3n) is 14.7. The zero-order valence-electron chi connectivity index (χ0n) is 49.5. The Bertz CT molecular complexity index is 2570. The first-order chi connectivity index (χ1) is 39.3. The van der Waals surface area contributed by atoms with Gasteiger partial charge in [-0.2, -0.15) is 11.8 Å². The highest BCUT2D eigenvalue weighted by Gasteiger charge is 2.36. The van der Waals surface area contributed by atoms with Crippen molar-refractivity contribution in [1.29, 1.82) is 0 Å². The SMILES string of the molecule is CO[C@H]1/C=C\C=C(/C)C(=O)NC2=CC(=O)C(NCCSCCNC3=C4C[C@@H](C)C[C@H](OC)[C@H](O)[C@@H](C)/C=C(\C)[C@H](OC(N)=O)[C@@H](OC)/C=C\C=C(/C)C(=O)NC(=CC3=O)C4=O)=C(C[C@@H](C)C[C@H](OC)[C@H](O)[C@@H](C)/C=C(\C)[C@@H]1OC(N)=O)C2=O. The number of ether oxygens (including phenoxy) is 6. The van der Waals surface area contributed by atoms with Gasteiger partial charge in [-0.15, -0.1) is 0 Å². The summed E-state index contributed by atoms with van der Waals surface area (Å²) in [6, 6.07) is 0. The number of aliphatic hydroxyl groups is 2. The van der Waals surface area contributed by atoms with Crippen molar-refractivity contribution >= 4 is 58.9 Å². The molecule has 22 nitrogen and oxygen atoms in total. The van der Waals surface area contributed by atoms with E-state index in [1.54, 1.807) is 52.0 Å². The van der Waals surface area contributed by atoms with E-state index in [2.05, 4.69) is 21.3 Å². The summed E-state index contributed by atoms with van der Waals surface area (Å²) in [6.07, 6.45) is 5.98. The topological polar surface area (TPSA) is 333 Å². The number of fused-ring (bicyclic) bond motifs is 4. The second-order valence-electron chi connectivity index (χ2n) is 21.3. The molecule has 0 unspecified atom stereocenters. The lowest BCUT2D eigenvalue weighted by Gasteiger charge is -2.30. The van der Waals surface area contributed by atoms with Crippen LogP contribution in [0, 0.1) is 23.7 Å². The number of ketones is 4. The molecule has 0 saturated carbocycles. The van der Waals surface area contributed by atoms with Crippen LogP contribution in [0.2, 0.25) is 0 Å². The third-order valence-corrected chi connectivity index (χ3v) is 15.7. The second kappa shape index (κ2) is 32.9. The number of methoxy groups -OCH3 is 4. The largest absolute Gasteiger partial charge is 0.439 e. The molecule has 456 valence electrons. The Kier molecular flexibility index (Phi) is 27.3. The summed E-state index contributed by atoms with van der Waals surface area (Å²) in [6.45, 7) is 14.2. The van der Waals surface area contributed by atoms with Crippen molar-refractivity contribution in [2.75, 3.05) is 53.0 Å². The maximum Gasteiger partial charge on any atom is 0.405 e. The summed E-state index contributed by atoms with van der Waals surface area (Å²) in [5.74, 6) is -4.42. The summed E-state index contributed by atoms with van der Waals surface area (Å²) in [5.41, 5.74) is 12.2. The van der Waals surface area contributed by atoms with Gasteiger partial charge in [0.1, 0.15) is 12.2 Å². The molecule has 0 saturated heterocycles.